The van der Waals surface area contributed by atoms with Gasteiger partial charge in [0.1, 0.15) is 0 Å². The van der Waals surface area contributed by atoms with Crippen molar-refractivity contribution >= 4 is 17.2 Å². The normalized spacial score (nSPS) is 18.7. The summed E-state index contributed by atoms with van der Waals surface area (Å²) >= 11 is 1.85. The van der Waals surface area contributed by atoms with E-state index in [0.717, 1.165) is 43.9 Å². The summed E-state index contributed by atoms with van der Waals surface area (Å²) in [5.41, 5.74) is 4.66. The molecule has 0 N–H and O–H groups in total. The first-order valence-electron chi connectivity index (χ1n) is 12.1. The van der Waals surface area contributed by atoms with Gasteiger partial charge in [-0.25, -0.2) is 0 Å². The first-order chi connectivity index (χ1) is 15.9. The van der Waals surface area contributed by atoms with Gasteiger partial charge in [-0.15, -0.1) is 11.3 Å². The maximum Gasteiger partial charge on any atom is 0.254 e. The monoisotopic (exact) mass is 460 g/mol. The SMILES string of the molecule is Cc1ccccc1C(=O)N(CC(C)C)CC1CN(Cc2sccc2C)CC1c1ccccc1. The first-order valence-corrected chi connectivity index (χ1v) is 13.0. The molecule has 1 aliphatic heterocycles. The smallest absolute Gasteiger partial charge is 0.254 e. The summed E-state index contributed by atoms with van der Waals surface area (Å²) in [6.45, 7) is 13.3. The molecule has 3 nitrogen and oxygen atoms in total. The van der Waals surface area contributed by atoms with E-state index in [9.17, 15) is 4.79 Å². The lowest BCUT2D eigenvalue weighted by molar-refractivity contribution is 0.0702. The van der Waals surface area contributed by atoms with E-state index in [4.69, 9.17) is 0 Å². The van der Waals surface area contributed by atoms with E-state index >= 15 is 0 Å². The van der Waals surface area contributed by atoms with E-state index in [1.165, 1.54) is 16.0 Å². The van der Waals surface area contributed by atoms with Crippen LogP contribution in [0.15, 0.2) is 66.0 Å². The zero-order valence-electron chi connectivity index (χ0n) is 20.3. The fourth-order valence-corrected chi connectivity index (χ4v) is 6.02. The highest BCUT2D eigenvalue weighted by Gasteiger charge is 2.36. The van der Waals surface area contributed by atoms with Gasteiger partial charge < -0.3 is 4.90 Å². The van der Waals surface area contributed by atoms with Crippen LogP contribution in [0.2, 0.25) is 0 Å². The molecule has 1 saturated heterocycles. The number of thiophene rings is 1. The minimum absolute atomic E-state index is 0.168. The van der Waals surface area contributed by atoms with Crippen LogP contribution >= 0.6 is 11.3 Å². The number of hydrogen-bond donors (Lipinski definition) is 0. The van der Waals surface area contributed by atoms with Crippen molar-refractivity contribution in [2.45, 2.75) is 40.2 Å². The molecule has 3 aromatic rings. The highest BCUT2D eigenvalue weighted by atomic mass is 32.1. The number of rotatable bonds is 8. The molecule has 1 fully saturated rings. The molecule has 0 aliphatic carbocycles. The molecule has 4 heteroatoms. The van der Waals surface area contributed by atoms with E-state index in [-0.39, 0.29) is 5.91 Å². The number of carbonyl (C=O) groups is 1. The number of amides is 1. The van der Waals surface area contributed by atoms with Crippen molar-refractivity contribution in [3.8, 4) is 0 Å². The van der Waals surface area contributed by atoms with Crippen molar-refractivity contribution < 1.29 is 4.79 Å². The van der Waals surface area contributed by atoms with Crippen LogP contribution < -0.4 is 0 Å². The zero-order valence-corrected chi connectivity index (χ0v) is 21.1. The lowest BCUT2D eigenvalue weighted by Crippen LogP contribution is -2.40. The maximum atomic E-state index is 13.6. The largest absolute Gasteiger partial charge is 0.338 e. The fourth-order valence-electron chi connectivity index (χ4n) is 5.07. The van der Waals surface area contributed by atoms with Crippen LogP contribution in [-0.4, -0.2) is 41.9 Å². The third kappa shape index (κ3) is 5.74. The van der Waals surface area contributed by atoms with Crippen LogP contribution in [-0.2, 0) is 6.54 Å². The number of nitrogens with zero attached hydrogens (tertiary/aromatic N) is 2. The second-order valence-corrected chi connectivity index (χ2v) is 10.9. The summed E-state index contributed by atoms with van der Waals surface area (Å²) in [6, 6.07) is 21.1. The number of hydrogen-bond acceptors (Lipinski definition) is 3. The van der Waals surface area contributed by atoms with E-state index < -0.39 is 0 Å². The Hall–Kier alpha value is -2.43. The molecular formula is C29H36N2OS. The summed E-state index contributed by atoms with van der Waals surface area (Å²) in [5, 5.41) is 2.19. The lowest BCUT2D eigenvalue weighted by Gasteiger charge is -2.30. The average Bonchev–Trinajstić information content (AvgIpc) is 3.39. The molecular weight excluding hydrogens is 424 g/mol. The summed E-state index contributed by atoms with van der Waals surface area (Å²) in [5.74, 6) is 1.45. The number of benzene rings is 2. The van der Waals surface area contributed by atoms with E-state index in [2.05, 4.69) is 72.3 Å². The summed E-state index contributed by atoms with van der Waals surface area (Å²) in [7, 11) is 0. The Kier molecular flexibility index (Phi) is 7.67. The van der Waals surface area contributed by atoms with Crippen LogP contribution in [0.3, 0.4) is 0 Å². The quantitative estimate of drug-likeness (QED) is 0.389. The van der Waals surface area contributed by atoms with Crippen molar-refractivity contribution in [1.82, 2.24) is 9.80 Å². The Bertz CT molecular complexity index is 1060. The molecule has 2 heterocycles. The fraction of sp³-hybridized carbons (Fsp3) is 0.414. The molecule has 2 atom stereocenters. The second-order valence-electron chi connectivity index (χ2n) is 9.92. The molecule has 2 aromatic carbocycles. The Morgan fingerprint density at radius 3 is 2.39 bits per heavy atom. The number of likely N-dealkylation sites (tertiary alicyclic amines) is 1. The summed E-state index contributed by atoms with van der Waals surface area (Å²) < 4.78 is 0. The van der Waals surface area contributed by atoms with Crippen LogP contribution in [0.25, 0.3) is 0 Å². The Morgan fingerprint density at radius 1 is 1.00 bits per heavy atom. The predicted octanol–water partition coefficient (Wildman–Crippen LogP) is 6.38. The summed E-state index contributed by atoms with van der Waals surface area (Å²) in [6.07, 6.45) is 0. The topological polar surface area (TPSA) is 23.6 Å². The number of carbonyl (C=O) groups excluding carboxylic acids is 1. The van der Waals surface area contributed by atoms with E-state index in [1.807, 2.05) is 42.5 Å². The molecule has 174 valence electrons. The van der Waals surface area contributed by atoms with Gasteiger partial charge in [-0.2, -0.15) is 0 Å². The Labute approximate surface area is 203 Å². The first kappa shape index (κ1) is 23.7. The minimum Gasteiger partial charge on any atom is -0.338 e. The second kappa shape index (κ2) is 10.7. The van der Waals surface area contributed by atoms with Crippen molar-refractivity contribution in [2.24, 2.45) is 11.8 Å². The van der Waals surface area contributed by atoms with Crippen LogP contribution in [0, 0.1) is 25.7 Å². The maximum absolute atomic E-state index is 13.6. The van der Waals surface area contributed by atoms with Gasteiger partial charge in [0.2, 0.25) is 0 Å². The van der Waals surface area contributed by atoms with Gasteiger partial charge in [0.05, 0.1) is 0 Å². The van der Waals surface area contributed by atoms with Gasteiger partial charge in [-0.05, 0) is 59.9 Å². The molecule has 2 unspecified atom stereocenters. The molecule has 1 aliphatic rings. The highest BCUT2D eigenvalue weighted by molar-refractivity contribution is 7.10. The van der Waals surface area contributed by atoms with Crippen molar-refractivity contribution in [2.75, 3.05) is 26.2 Å². The number of aryl methyl sites for hydroxylation is 2. The van der Waals surface area contributed by atoms with Crippen LogP contribution in [0.1, 0.15) is 51.7 Å². The molecule has 1 amide bonds. The van der Waals surface area contributed by atoms with Crippen LogP contribution in [0.4, 0.5) is 0 Å². The zero-order chi connectivity index (χ0) is 23.4. The van der Waals surface area contributed by atoms with Crippen LogP contribution in [0.5, 0.6) is 0 Å². The van der Waals surface area contributed by atoms with Gasteiger partial charge >= 0.3 is 0 Å². The van der Waals surface area contributed by atoms with Gasteiger partial charge in [0.25, 0.3) is 5.91 Å². The van der Waals surface area contributed by atoms with E-state index in [0.29, 0.717) is 17.8 Å². The van der Waals surface area contributed by atoms with Gasteiger partial charge in [-0.3, -0.25) is 9.69 Å². The van der Waals surface area contributed by atoms with Gasteiger partial charge in [-0.1, -0.05) is 62.4 Å². The molecule has 4 rings (SSSR count). The highest BCUT2D eigenvalue weighted by Crippen LogP contribution is 2.35. The molecule has 33 heavy (non-hydrogen) atoms. The Balaban J connectivity index is 1.58. The average molecular weight is 461 g/mol. The van der Waals surface area contributed by atoms with E-state index in [1.54, 1.807) is 0 Å². The Morgan fingerprint density at radius 2 is 1.73 bits per heavy atom. The van der Waals surface area contributed by atoms with Crippen molar-refractivity contribution in [3.63, 3.8) is 0 Å². The standard InChI is InChI=1S/C29H36N2OS/c1-21(2)16-31(29(32)26-13-9-8-10-22(26)3)18-25-17-30(20-28-23(4)14-15-33-28)19-27(25)24-11-6-5-7-12-24/h5-15,21,25,27H,16-20H2,1-4H3. The predicted molar refractivity (Wildman–Crippen MR) is 139 cm³/mol. The summed E-state index contributed by atoms with van der Waals surface area (Å²) in [4.78, 5) is 19.8. The molecule has 0 spiro atoms. The minimum atomic E-state index is 0.168. The molecule has 0 radical (unpaired) electrons. The molecule has 0 saturated carbocycles. The third-order valence-electron chi connectivity index (χ3n) is 6.78. The van der Waals surface area contributed by atoms with Gasteiger partial charge in [0.15, 0.2) is 0 Å². The lowest BCUT2D eigenvalue weighted by atomic mass is 9.88. The third-order valence-corrected chi connectivity index (χ3v) is 7.79. The van der Waals surface area contributed by atoms with Crippen molar-refractivity contribution in [1.29, 1.82) is 0 Å². The van der Waals surface area contributed by atoms with Crippen molar-refractivity contribution in [3.05, 3.63) is 93.2 Å². The molecule has 0 bridgehead atoms. The molecule has 1 aromatic heterocycles. The van der Waals surface area contributed by atoms with Gasteiger partial charge in [0, 0.05) is 49.1 Å².